The average molecular weight is 813 g/mol. The van der Waals surface area contributed by atoms with Crippen molar-refractivity contribution in [2.45, 2.75) is 26.4 Å². The van der Waals surface area contributed by atoms with Crippen LogP contribution in [0.3, 0.4) is 0 Å². The number of ether oxygens (including phenoxy) is 3. The minimum absolute atomic E-state index is 0.0476. The first-order chi connectivity index (χ1) is 22.3. The highest BCUT2D eigenvalue weighted by Crippen LogP contribution is 2.43. The number of carbonyl (C=O) groups is 3. The molecule has 4 N–H and O–H groups in total. The van der Waals surface area contributed by atoms with E-state index < -0.39 is 24.0 Å². The maximum atomic E-state index is 12.3. The largest absolute Gasteiger partial charge is 0.481 e. The molecule has 4 aromatic carbocycles. The first-order valence-electron chi connectivity index (χ1n) is 13.1. The number of benzene rings is 4. The van der Waals surface area contributed by atoms with E-state index in [2.05, 4.69) is 15.9 Å². The Labute approximate surface area is 299 Å². The third-order valence-corrected chi connectivity index (χ3v) is 7.76. The highest BCUT2D eigenvalue weighted by atomic mass is 79.9. The first kappa shape index (κ1) is 38.6. The molecular formula is C31H22BrCl4F3N2O7. The van der Waals surface area contributed by atoms with Gasteiger partial charge in [0.1, 0.15) is 17.2 Å². The minimum Gasteiger partial charge on any atom is -0.481 e. The van der Waals surface area contributed by atoms with Crippen molar-refractivity contribution in [3.63, 3.8) is 0 Å². The highest BCUT2D eigenvalue weighted by molar-refractivity contribution is 9.10. The molecule has 0 fully saturated rings. The molecule has 0 unspecified atom stereocenters. The van der Waals surface area contributed by atoms with Gasteiger partial charge in [0.05, 0.1) is 32.2 Å². The van der Waals surface area contributed by atoms with Crippen molar-refractivity contribution in [3.05, 3.63) is 96.4 Å². The van der Waals surface area contributed by atoms with Gasteiger partial charge in [-0.25, -0.2) is 0 Å². The molecule has 0 saturated carbocycles. The summed E-state index contributed by atoms with van der Waals surface area (Å²) in [6.45, 7) is 3.02. The number of amides is 1. The van der Waals surface area contributed by atoms with E-state index in [9.17, 15) is 27.6 Å². The van der Waals surface area contributed by atoms with E-state index in [4.69, 9.17) is 71.5 Å². The fraction of sp³-hybridized carbons (Fsp3) is 0.129. The number of esters is 1. The van der Waals surface area contributed by atoms with Gasteiger partial charge < -0.3 is 30.4 Å². The summed E-state index contributed by atoms with van der Waals surface area (Å²) in [5, 5.41) is 11.2. The van der Waals surface area contributed by atoms with Crippen LogP contribution in [0, 0.1) is 6.92 Å². The molecule has 0 aliphatic rings. The van der Waals surface area contributed by atoms with Gasteiger partial charge in [0.25, 0.3) is 0 Å². The lowest BCUT2D eigenvalue weighted by molar-refractivity contribution is -0.167. The van der Waals surface area contributed by atoms with Crippen molar-refractivity contribution < 1.29 is 46.9 Å². The van der Waals surface area contributed by atoms with E-state index >= 15 is 0 Å². The molecular weight excluding hydrogens is 791 g/mol. The Morgan fingerprint density at radius 3 is 1.94 bits per heavy atom. The molecule has 4 aromatic rings. The van der Waals surface area contributed by atoms with Crippen LogP contribution in [0.15, 0.2) is 65.1 Å². The number of nitrogen functional groups attached to an aromatic ring is 1. The number of hydrogen-bond donors (Lipinski definition) is 3. The highest BCUT2D eigenvalue weighted by Gasteiger charge is 2.39. The third-order valence-electron chi connectivity index (χ3n) is 5.81. The molecule has 0 aliphatic carbocycles. The number of carboxylic acids is 1. The van der Waals surface area contributed by atoms with Crippen molar-refractivity contribution in [2.75, 3.05) is 11.1 Å². The van der Waals surface area contributed by atoms with Crippen LogP contribution in [-0.2, 0) is 20.8 Å². The fourth-order valence-electron chi connectivity index (χ4n) is 3.64. The number of hydrogen-bond acceptors (Lipinski definition) is 7. The molecule has 9 nitrogen and oxygen atoms in total. The Morgan fingerprint density at radius 1 is 0.875 bits per heavy atom. The Balaban J connectivity index is 0.000000269. The zero-order chi connectivity index (χ0) is 35.9. The Bertz CT molecular complexity index is 1840. The number of carbonyl (C=O) groups excluding carboxylic acids is 2. The second-order valence-electron chi connectivity index (χ2n) is 9.54. The zero-order valence-electron chi connectivity index (χ0n) is 24.5. The Morgan fingerprint density at radius 2 is 1.42 bits per heavy atom. The van der Waals surface area contributed by atoms with Crippen molar-refractivity contribution >= 4 is 91.6 Å². The predicted octanol–water partition coefficient (Wildman–Crippen LogP) is 10.3. The number of nitrogens with two attached hydrogens (primary N) is 1. The monoisotopic (exact) mass is 810 g/mol. The van der Waals surface area contributed by atoms with Crippen LogP contribution in [0.25, 0.3) is 0 Å². The molecule has 4 rings (SSSR count). The summed E-state index contributed by atoms with van der Waals surface area (Å²) in [6.07, 6.45) is -5.30. The van der Waals surface area contributed by atoms with Crippen LogP contribution >= 0.6 is 62.3 Å². The van der Waals surface area contributed by atoms with Crippen molar-refractivity contribution in [1.29, 1.82) is 0 Å². The first-order valence-corrected chi connectivity index (χ1v) is 15.4. The number of anilines is 2. The second kappa shape index (κ2) is 16.5. The minimum atomic E-state index is -5.02. The molecule has 0 aliphatic heterocycles. The van der Waals surface area contributed by atoms with E-state index in [0.717, 1.165) is 0 Å². The van der Waals surface area contributed by atoms with E-state index in [0.29, 0.717) is 34.1 Å². The number of nitrogens with one attached hydrogen (secondary N) is 1. The molecule has 0 aromatic heterocycles. The van der Waals surface area contributed by atoms with Gasteiger partial charge >= 0.3 is 24.0 Å². The summed E-state index contributed by atoms with van der Waals surface area (Å²) >= 11 is 27.6. The van der Waals surface area contributed by atoms with Gasteiger partial charge in [-0.2, -0.15) is 13.2 Å². The smallest absolute Gasteiger partial charge is 0.471 e. The van der Waals surface area contributed by atoms with Gasteiger partial charge in [-0.05, 0) is 83.0 Å². The number of aliphatic carboxylic acids is 1. The molecule has 254 valence electrons. The van der Waals surface area contributed by atoms with Crippen LogP contribution in [0.2, 0.25) is 20.1 Å². The molecule has 0 spiro atoms. The molecule has 0 heterocycles. The number of rotatable bonds is 8. The maximum Gasteiger partial charge on any atom is 0.471 e. The summed E-state index contributed by atoms with van der Waals surface area (Å²) in [4.78, 5) is 32.8. The van der Waals surface area contributed by atoms with E-state index in [1.165, 1.54) is 43.3 Å². The summed E-state index contributed by atoms with van der Waals surface area (Å²) in [5.74, 6) is -2.25. The number of alkyl halides is 3. The molecule has 1 amide bonds. The van der Waals surface area contributed by atoms with Gasteiger partial charge in [-0.15, -0.1) is 0 Å². The van der Waals surface area contributed by atoms with Crippen molar-refractivity contribution in [1.82, 2.24) is 0 Å². The quantitative estimate of drug-likeness (QED) is 0.0909. The number of carboxylic acid groups (broad SMARTS) is 1. The van der Waals surface area contributed by atoms with Gasteiger partial charge in [-0.1, -0.05) is 46.4 Å². The van der Waals surface area contributed by atoms with Crippen LogP contribution in [0.4, 0.5) is 24.5 Å². The van der Waals surface area contributed by atoms with E-state index in [-0.39, 0.29) is 48.2 Å². The molecule has 0 atom stereocenters. The van der Waals surface area contributed by atoms with Crippen LogP contribution in [0.1, 0.15) is 18.1 Å². The standard InChI is InChI=1S/C16H9BrCl2F3NO4.C15H13Cl2NO3/c17-9-6-8(1-2-12(9)23-15(26)16(20,21)22)27-14-10(18)3-7(4-11(14)19)5-13(24)25;1-8-13(20-9(2)19)7-12(16)15(14(8)17)21-11-5-3-10(18)4-6-11/h1-4,6H,5H2,(H,23,26)(H,24,25);3-7H,18H2,1-2H3. The topological polar surface area (TPSA) is 137 Å². The van der Waals surface area contributed by atoms with Gasteiger partial charge in [0, 0.05) is 28.7 Å². The van der Waals surface area contributed by atoms with Crippen LogP contribution in [-0.4, -0.2) is 29.1 Å². The lowest BCUT2D eigenvalue weighted by atomic mass is 10.1. The Hall–Kier alpha value is -3.88. The van der Waals surface area contributed by atoms with Crippen molar-refractivity contribution in [2.24, 2.45) is 0 Å². The van der Waals surface area contributed by atoms with Gasteiger partial charge in [-0.3, -0.25) is 14.4 Å². The fourth-order valence-corrected chi connectivity index (χ4v) is 5.22. The summed E-state index contributed by atoms with van der Waals surface area (Å²) in [7, 11) is 0. The lowest BCUT2D eigenvalue weighted by Crippen LogP contribution is -2.30. The van der Waals surface area contributed by atoms with Crippen LogP contribution < -0.4 is 25.3 Å². The predicted molar refractivity (Wildman–Crippen MR) is 180 cm³/mol. The molecule has 0 saturated heterocycles. The maximum absolute atomic E-state index is 12.3. The Kier molecular flexibility index (Phi) is 13.2. The summed E-state index contributed by atoms with van der Waals surface area (Å²) in [5.41, 5.74) is 7.07. The van der Waals surface area contributed by atoms with Crippen molar-refractivity contribution in [3.8, 4) is 28.7 Å². The molecule has 17 heteroatoms. The molecule has 0 bridgehead atoms. The molecule has 0 radical (unpaired) electrons. The SMILES string of the molecule is CC(=O)Oc1cc(Cl)c(Oc2ccc(N)cc2)c(Cl)c1C.O=C(O)Cc1cc(Cl)c(Oc2ccc(NC(=O)C(F)(F)F)c(Br)c2)c(Cl)c1. The normalized spacial score (nSPS) is 10.8. The van der Waals surface area contributed by atoms with Crippen LogP contribution in [0.5, 0.6) is 28.7 Å². The van der Waals surface area contributed by atoms with E-state index in [1.807, 2.05) is 0 Å². The van der Waals surface area contributed by atoms with Gasteiger partial charge in [0.2, 0.25) is 0 Å². The summed E-state index contributed by atoms with van der Waals surface area (Å²) in [6, 6.07) is 14.9. The zero-order valence-corrected chi connectivity index (χ0v) is 29.1. The lowest BCUT2D eigenvalue weighted by Gasteiger charge is -2.14. The number of halogens is 8. The molecule has 48 heavy (non-hydrogen) atoms. The third kappa shape index (κ3) is 10.8. The average Bonchev–Trinajstić information content (AvgIpc) is 2.97. The van der Waals surface area contributed by atoms with E-state index in [1.54, 1.807) is 36.5 Å². The second-order valence-corrected chi connectivity index (χ2v) is 12.0. The summed E-state index contributed by atoms with van der Waals surface area (Å²) < 4.78 is 53.3. The van der Waals surface area contributed by atoms with Gasteiger partial charge in [0.15, 0.2) is 11.5 Å².